The van der Waals surface area contributed by atoms with E-state index in [4.69, 9.17) is 16.9 Å². The van der Waals surface area contributed by atoms with Crippen molar-refractivity contribution < 1.29 is 9.59 Å². The molecule has 0 spiro atoms. The number of hydrogen-bond acceptors (Lipinski definition) is 3. The van der Waals surface area contributed by atoms with Crippen LogP contribution in [0.2, 0.25) is 5.02 Å². The van der Waals surface area contributed by atoms with E-state index in [1.807, 2.05) is 0 Å². The summed E-state index contributed by atoms with van der Waals surface area (Å²) in [6, 6.07) is 15.7. The SMILES string of the molecule is CC(=O)NC(CC(=O)Nc1ccc(CC#N)cc1)c1ccc(Cl)cc1. The summed E-state index contributed by atoms with van der Waals surface area (Å²) < 4.78 is 0. The summed E-state index contributed by atoms with van der Waals surface area (Å²) in [5, 5.41) is 14.8. The predicted molar refractivity (Wildman–Crippen MR) is 97.0 cm³/mol. The van der Waals surface area contributed by atoms with Crippen molar-refractivity contribution >= 4 is 29.1 Å². The lowest BCUT2D eigenvalue weighted by molar-refractivity contribution is -0.120. The van der Waals surface area contributed by atoms with Gasteiger partial charge in [0.25, 0.3) is 0 Å². The monoisotopic (exact) mass is 355 g/mol. The molecule has 0 bridgehead atoms. The Morgan fingerprint density at radius 1 is 1.12 bits per heavy atom. The zero-order chi connectivity index (χ0) is 18.2. The molecule has 6 heteroatoms. The number of amides is 2. The molecule has 0 aliphatic heterocycles. The Hall–Kier alpha value is -2.84. The number of hydrogen-bond donors (Lipinski definition) is 2. The minimum absolute atomic E-state index is 0.0984. The van der Waals surface area contributed by atoms with Crippen molar-refractivity contribution in [2.45, 2.75) is 25.8 Å². The Morgan fingerprint density at radius 3 is 2.32 bits per heavy atom. The van der Waals surface area contributed by atoms with Crippen molar-refractivity contribution in [1.82, 2.24) is 5.32 Å². The molecule has 25 heavy (non-hydrogen) atoms. The first-order valence-corrected chi connectivity index (χ1v) is 8.14. The highest BCUT2D eigenvalue weighted by atomic mass is 35.5. The molecule has 0 aliphatic carbocycles. The molecule has 0 radical (unpaired) electrons. The molecule has 1 atom stereocenters. The topological polar surface area (TPSA) is 82.0 Å². The van der Waals surface area contributed by atoms with Crippen LogP contribution < -0.4 is 10.6 Å². The highest BCUT2D eigenvalue weighted by Crippen LogP contribution is 2.20. The van der Waals surface area contributed by atoms with Gasteiger partial charge in [0.15, 0.2) is 0 Å². The molecular weight excluding hydrogens is 338 g/mol. The third-order valence-electron chi connectivity index (χ3n) is 3.56. The molecule has 5 nitrogen and oxygen atoms in total. The van der Waals surface area contributed by atoms with Gasteiger partial charge >= 0.3 is 0 Å². The molecule has 2 amide bonds. The molecule has 2 aromatic rings. The van der Waals surface area contributed by atoms with E-state index < -0.39 is 6.04 Å². The first-order chi connectivity index (χ1) is 12.0. The minimum Gasteiger partial charge on any atom is -0.349 e. The molecule has 0 saturated carbocycles. The van der Waals surface area contributed by atoms with Gasteiger partial charge in [0.2, 0.25) is 11.8 Å². The number of nitrogens with zero attached hydrogens (tertiary/aromatic N) is 1. The molecule has 0 aromatic heterocycles. The molecule has 2 aromatic carbocycles. The van der Waals surface area contributed by atoms with E-state index in [9.17, 15) is 9.59 Å². The minimum atomic E-state index is -0.437. The van der Waals surface area contributed by atoms with Gasteiger partial charge in [-0.05, 0) is 35.4 Å². The lowest BCUT2D eigenvalue weighted by Crippen LogP contribution is -2.29. The van der Waals surface area contributed by atoms with E-state index in [1.165, 1.54) is 6.92 Å². The zero-order valence-electron chi connectivity index (χ0n) is 13.8. The van der Waals surface area contributed by atoms with Crippen LogP contribution in [0.1, 0.15) is 30.5 Å². The second kappa shape index (κ2) is 8.86. The maximum atomic E-state index is 12.3. The summed E-state index contributed by atoms with van der Waals surface area (Å²) >= 11 is 5.88. The average molecular weight is 356 g/mol. The van der Waals surface area contributed by atoms with E-state index in [2.05, 4.69) is 16.7 Å². The van der Waals surface area contributed by atoms with Crippen LogP contribution in [0.3, 0.4) is 0 Å². The number of carbonyl (C=O) groups is 2. The van der Waals surface area contributed by atoms with Crippen molar-refractivity contribution in [3.8, 4) is 6.07 Å². The van der Waals surface area contributed by atoms with Gasteiger partial charge in [-0.25, -0.2) is 0 Å². The fourth-order valence-electron chi connectivity index (χ4n) is 2.39. The van der Waals surface area contributed by atoms with Gasteiger partial charge in [-0.1, -0.05) is 35.9 Å². The first-order valence-electron chi connectivity index (χ1n) is 7.76. The van der Waals surface area contributed by atoms with Gasteiger partial charge in [0.05, 0.1) is 25.0 Å². The van der Waals surface area contributed by atoms with Gasteiger partial charge in [-0.2, -0.15) is 5.26 Å². The normalized spacial score (nSPS) is 11.2. The average Bonchev–Trinajstić information content (AvgIpc) is 2.56. The van der Waals surface area contributed by atoms with Crippen molar-refractivity contribution in [2.75, 3.05) is 5.32 Å². The molecule has 2 rings (SSSR count). The second-order valence-corrected chi connectivity index (χ2v) is 6.03. The fourth-order valence-corrected chi connectivity index (χ4v) is 2.51. The number of anilines is 1. The van der Waals surface area contributed by atoms with Crippen LogP contribution in [-0.2, 0) is 16.0 Å². The van der Waals surface area contributed by atoms with Crippen molar-refractivity contribution in [3.63, 3.8) is 0 Å². The maximum Gasteiger partial charge on any atom is 0.226 e. The Kier molecular flexibility index (Phi) is 6.55. The standard InChI is InChI=1S/C19H18ClN3O2/c1-13(24)22-18(15-4-6-16(20)7-5-15)12-19(25)23-17-8-2-14(3-9-17)10-11-21/h2-9,18H,10,12H2,1H3,(H,22,24)(H,23,25). The summed E-state index contributed by atoms with van der Waals surface area (Å²) in [7, 11) is 0. The van der Waals surface area contributed by atoms with Gasteiger partial charge in [-0.3, -0.25) is 9.59 Å². The number of rotatable bonds is 6. The lowest BCUT2D eigenvalue weighted by atomic mass is 10.0. The highest BCUT2D eigenvalue weighted by Gasteiger charge is 2.17. The summed E-state index contributed by atoms with van der Waals surface area (Å²) in [4.78, 5) is 23.8. The number of nitrogens with one attached hydrogen (secondary N) is 2. The first kappa shape index (κ1) is 18.5. The number of benzene rings is 2. The van der Waals surface area contributed by atoms with Gasteiger partial charge < -0.3 is 10.6 Å². The van der Waals surface area contributed by atoms with Crippen LogP contribution in [0.5, 0.6) is 0 Å². The van der Waals surface area contributed by atoms with Crippen LogP contribution in [0.4, 0.5) is 5.69 Å². The summed E-state index contributed by atoms with van der Waals surface area (Å²) in [6.45, 7) is 1.41. The van der Waals surface area contributed by atoms with E-state index in [0.717, 1.165) is 11.1 Å². The largest absolute Gasteiger partial charge is 0.349 e. The fraction of sp³-hybridized carbons (Fsp3) is 0.211. The van der Waals surface area contributed by atoms with Crippen LogP contribution in [0, 0.1) is 11.3 Å². The summed E-state index contributed by atoms with van der Waals surface area (Å²) in [5.41, 5.74) is 2.33. The van der Waals surface area contributed by atoms with Gasteiger partial charge in [-0.15, -0.1) is 0 Å². The van der Waals surface area contributed by atoms with Crippen LogP contribution in [-0.4, -0.2) is 11.8 Å². The van der Waals surface area contributed by atoms with Crippen molar-refractivity contribution in [3.05, 3.63) is 64.7 Å². The van der Waals surface area contributed by atoms with E-state index in [1.54, 1.807) is 48.5 Å². The Balaban J connectivity index is 2.04. The zero-order valence-corrected chi connectivity index (χ0v) is 14.5. The third kappa shape index (κ3) is 5.94. The van der Waals surface area contributed by atoms with Gasteiger partial charge in [0, 0.05) is 17.6 Å². The molecular formula is C19H18ClN3O2. The van der Waals surface area contributed by atoms with Crippen LogP contribution in [0.15, 0.2) is 48.5 Å². The Bertz CT molecular complexity index is 780. The number of nitriles is 1. The van der Waals surface area contributed by atoms with Crippen LogP contribution >= 0.6 is 11.6 Å². The predicted octanol–water partition coefficient (Wildman–Crippen LogP) is 3.61. The quantitative estimate of drug-likeness (QED) is 0.830. The Labute approximate surface area is 151 Å². The van der Waals surface area contributed by atoms with Crippen molar-refractivity contribution in [1.29, 1.82) is 5.26 Å². The summed E-state index contributed by atoms with van der Waals surface area (Å²) in [5.74, 6) is -0.435. The highest BCUT2D eigenvalue weighted by molar-refractivity contribution is 6.30. The molecule has 0 aliphatic rings. The summed E-state index contributed by atoms with van der Waals surface area (Å²) in [6.07, 6.45) is 0.427. The molecule has 128 valence electrons. The molecule has 0 heterocycles. The van der Waals surface area contributed by atoms with E-state index in [0.29, 0.717) is 17.1 Å². The molecule has 0 saturated heterocycles. The Morgan fingerprint density at radius 2 is 1.76 bits per heavy atom. The lowest BCUT2D eigenvalue weighted by Gasteiger charge is -2.18. The number of halogens is 1. The smallest absolute Gasteiger partial charge is 0.226 e. The van der Waals surface area contributed by atoms with E-state index >= 15 is 0 Å². The molecule has 1 unspecified atom stereocenters. The van der Waals surface area contributed by atoms with E-state index in [-0.39, 0.29) is 18.2 Å². The second-order valence-electron chi connectivity index (χ2n) is 5.59. The number of carbonyl (C=O) groups excluding carboxylic acids is 2. The van der Waals surface area contributed by atoms with Crippen molar-refractivity contribution in [2.24, 2.45) is 0 Å². The molecule has 0 fully saturated rings. The molecule has 2 N–H and O–H groups in total. The van der Waals surface area contributed by atoms with Crippen LogP contribution in [0.25, 0.3) is 0 Å². The van der Waals surface area contributed by atoms with Gasteiger partial charge in [0.1, 0.15) is 0 Å². The maximum absolute atomic E-state index is 12.3. The third-order valence-corrected chi connectivity index (χ3v) is 3.81.